The highest BCUT2D eigenvalue weighted by Crippen LogP contribution is 2.44. The number of hydrogen-bond acceptors (Lipinski definition) is 6. The number of methoxy groups -OCH3 is 2. The topological polar surface area (TPSA) is 117 Å². The summed E-state index contributed by atoms with van der Waals surface area (Å²) in [5.41, 5.74) is -2.84. The van der Waals surface area contributed by atoms with E-state index < -0.39 is 35.7 Å². The van der Waals surface area contributed by atoms with E-state index in [4.69, 9.17) is 9.47 Å². The number of urea groups is 1. The van der Waals surface area contributed by atoms with E-state index in [1.54, 1.807) is 0 Å². The van der Waals surface area contributed by atoms with Gasteiger partial charge < -0.3 is 30.3 Å². The van der Waals surface area contributed by atoms with Crippen LogP contribution in [0.5, 0.6) is 17.2 Å². The second-order valence-corrected chi connectivity index (χ2v) is 6.84. The van der Waals surface area contributed by atoms with E-state index >= 15 is 0 Å². The number of amides is 2. The highest BCUT2D eigenvalue weighted by atomic mass is 19.4. The lowest BCUT2D eigenvalue weighted by atomic mass is 9.76. The number of halogens is 3. The van der Waals surface area contributed by atoms with E-state index in [9.17, 15) is 33.0 Å². The Kier molecular flexibility index (Phi) is 5.72. The molecule has 3 rings (SSSR count). The molecular formula is C20H19F3N2O6. The first-order valence-corrected chi connectivity index (χ1v) is 8.94. The van der Waals surface area contributed by atoms with Crippen LogP contribution in [0.3, 0.4) is 0 Å². The Hall–Kier alpha value is -3.47. The average Bonchev–Trinajstić information content (AvgIpc) is 2.72. The summed E-state index contributed by atoms with van der Waals surface area (Å²) in [6.07, 6.45) is -5.31. The van der Waals surface area contributed by atoms with Gasteiger partial charge in [0.1, 0.15) is 11.7 Å². The van der Waals surface area contributed by atoms with Crippen LogP contribution in [0, 0.1) is 5.92 Å². The average molecular weight is 440 g/mol. The van der Waals surface area contributed by atoms with Gasteiger partial charge in [0.2, 0.25) is 5.78 Å². The molecule has 0 spiro atoms. The number of nitrogens with one attached hydrogen (secondary N) is 2. The lowest BCUT2D eigenvalue weighted by Gasteiger charge is -2.45. The number of hydrogen-bond donors (Lipinski definition) is 4. The number of phenolic OH excluding ortho intramolecular Hbond substituents is 1. The summed E-state index contributed by atoms with van der Waals surface area (Å²) in [6.45, 7) is 0. The first-order valence-electron chi connectivity index (χ1n) is 8.94. The van der Waals surface area contributed by atoms with Crippen molar-refractivity contribution < 1.29 is 42.4 Å². The fourth-order valence-electron chi connectivity index (χ4n) is 3.53. The SMILES string of the molecule is COc1ccc(C2(O)NC(=O)NC(c3ccc(O)c(OC)c3)C2C(=O)C(F)(F)F)cc1. The fourth-order valence-corrected chi connectivity index (χ4v) is 3.53. The monoisotopic (exact) mass is 440 g/mol. The molecule has 2 amide bonds. The molecule has 1 fully saturated rings. The molecular weight excluding hydrogens is 421 g/mol. The van der Waals surface area contributed by atoms with Crippen molar-refractivity contribution in [3.63, 3.8) is 0 Å². The van der Waals surface area contributed by atoms with Crippen molar-refractivity contribution in [2.45, 2.75) is 17.9 Å². The predicted molar refractivity (Wildman–Crippen MR) is 101 cm³/mol. The van der Waals surface area contributed by atoms with Crippen LogP contribution in [0.4, 0.5) is 18.0 Å². The van der Waals surface area contributed by atoms with Crippen molar-refractivity contribution in [3.8, 4) is 17.2 Å². The van der Waals surface area contributed by atoms with Gasteiger partial charge in [0.15, 0.2) is 17.2 Å². The Morgan fingerprint density at radius 2 is 1.74 bits per heavy atom. The van der Waals surface area contributed by atoms with Gasteiger partial charge in [-0.25, -0.2) is 4.79 Å². The molecule has 1 heterocycles. The summed E-state index contributed by atoms with van der Waals surface area (Å²) in [4.78, 5) is 24.8. The van der Waals surface area contributed by atoms with Crippen LogP contribution in [0.2, 0.25) is 0 Å². The number of aromatic hydroxyl groups is 1. The molecule has 1 saturated heterocycles. The van der Waals surface area contributed by atoms with Gasteiger partial charge in [-0.05, 0) is 29.8 Å². The van der Waals surface area contributed by atoms with Crippen LogP contribution < -0.4 is 20.1 Å². The fraction of sp³-hybridized carbons (Fsp3) is 0.300. The third kappa shape index (κ3) is 4.08. The van der Waals surface area contributed by atoms with Crippen LogP contribution >= 0.6 is 0 Å². The molecule has 31 heavy (non-hydrogen) atoms. The Balaban J connectivity index is 2.19. The summed E-state index contributed by atoms with van der Waals surface area (Å²) in [5, 5.41) is 25.4. The molecule has 0 bridgehead atoms. The molecule has 2 aromatic rings. The number of aliphatic hydroxyl groups is 1. The van der Waals surface area contributed by atoms with Crippen LogP contribution in [0.1, 0.15) is 17.2 Å². The number of carbonyl (C=O) groups is 2. The van der Waals surface area contributed by atoms with Gasteiger partial charge in [-0.2, -0.15) is 13.2 Å². The Bertz CT molecular complexity index is 995. The summed E-state index contributed by atoms with van der Waals surface area (Å²) >= 11 is 0. The van der Waals surface area contributed by atoms with Gasteiger partial charge in [0.25, 0.3) is 0 Å². The van der Waals surface area contributed by atoms with E-state index in [0.717, 1.165) is 6.07 Å². The van der Waals surface area contributed by atoms with Gasteiger partial charge >= 0.3 is 12.2 Å². The molecule has 8 nitrogen and oxygen atoms in total. The first kappa shape index (κ1) is 22.2. The normalized spacial score (nSPS) is 23.5. The molecule has 1 aliphatic heterocycles. The van der Waals surface area contributed by atoms with E-state index in [1.165, 1.54) is 50.6 Å². The number of carbonyl (C=O) groups excluding carboxylic acids is 2. The van der Waals surface area contributed by atoms with E-state index in [0.29, 0.717) is 5.75 Å². The van der Waals surface area contributed by atoms with Gasteiger partial charge in [0, 0.05) is 5.56 Å². The van der Waals surface area contributed by atoms with Crippen LogP contribution in [-0.4, -0.2) is 42.4 Å². The molecule has 0 radical (unpaired) electrons. The molecule has 2 aromatic carbocycles. The van der Waals surface area contributed by atoms with Gasteiger partial charge in [-0.3, -0.25) is 4.79 Å². The largest absolute Gasteiger partial charge is 0.504 e. The van der Waals surface area contributed by atoms with Crippen LogP contribution in [0.25, 0.3) is 0 Å². The molecule has 0 saturated carbocycles. The standard InChI is InChI=1S/C20H19F3N2O6/c1-30-12-6-4-11(5-7-12)19(29)15(17(27)20(21,22)23)16(24-18(28)25-19)10-3-8-13(26)14(9-10)31-2/h3-9,15-16,26,29H,1-2H3,(H2,24,25,28). The maximum atomic E-state index is 13.5. The van der Waals surface area contributed by atoms with Crippen molar-refractivity contribution >= 4 is 11.8 Å². The maximum absolute atomic E-state index is 13.5. The van der Waals surface area contributed by atoms with Crippen molar-refractivity contribution in [3.05, 3.63) is 53.6 Å². The number of ketones is 1. The summed E-state index contributed by atoms with van der Waals surface area (Å²) in [5.74, 6) is -4.48. The minimum atomic E-state index is -5.31. The minimum Gasteiger partial charge on any atom is -0.504 e. The number of alkyl halides is 3. The van der Waals surface area contributed by atoms with Crippen LogP contribution in [0.15, 0.2) is 42.5 Å². The van der Waals surface area contributed by atoms with E-state index in [1.807, 2.05) is 0 Å². The third-order valence-electron chi connectivity index (χ3n) is 5.03. The molecule has 4 N–H and O–H groups in total. The lowest BCUT2D eigenvalue weighted by Crippen LogP contribution is -2.66. The number of phenols is 1. The third-order valence-corrected chi connectivity index (χ3v) is 5.03. The number of Topliss-reactive ketones (excluding diaryl/α,β-unsaturated/α-hetero) is 1. The zero-order chi connectivity index (χ0) is 23.0. The summed E-state index contributed by atoms with van der Waals surface area (Å²) in [7, 11) is 2.60. The number of benzene rings is 2. The smallest absolute Gasteiger partial charge is 0.450 e. The van der Waals surface area contributed by atoms with Gasteiger partial charge in [0.05, 0.1) is 20.3 Å². The van der Waals surface area contributed by atoms with Crippen LogP contribution in [-0.2, 0) is 10.5 Å². The number of rotatable bonds is 5. The first-order chi connectivity index (χ1) is 14.5. The predicted octanol–water partition coefficient (Wildman–Crippen LogP) is 2.36. The Labute approximate surface area is 174 Å². The quantitative estimate of drug-likeness (QED) is 0.567. The zero-order valence-electron chi connectivity index (χ0n) is 16.4. The zero-order valence-corrected chi connectivity index (χ0v) is 16.4. The van der Waals surface area contributed by atoms with Crippen molar-refractivity contribution in [1.29, 1.82) is 0 Å². The maximum Gasteiger partial charge on any atom is 0.450 e. The molecule has 3 atom stereocenters. The second-order valence-electron chi connectivity index (χ2n) is 6.84. The highest BCUT2D eigenvalue weighted by Gasteiger charge is 2.59. The highest BCUT2D eigenvalue weighted by molar-refractivity contribution is 5.91. The van der Waals surface area contributed by atoms with Gasteiger partial charge in [-0.1, -0.05) is 18.2 Å². The molecule has 1 aliphatic rings. The van der Waals surface area contributed by atoms with Crippen molar-refractivity contribution in [2.24, 2.45) is 5.92 Å². The lowest BCUT2D eigenvalue weighted by molar-refractivity contribution is -0.190. The molecule has 3 unspecified atom stereocenters. The van der Waals surface area contributed by atoms with Gasteiger partial charge in [-0.15, -0.1) is 0 Å². The van der Waals surface area contributed by atoms with E-state index in [2.05, 4.69) is 10.6 Å². The summed E-state index contributed by atoms with van der Waals surface area (Å²) < 4.78 is 50.5. The molecule has 0 aromatic heterocycles. The Morgan fingerprint density at radius 1 is 1.10 bits per heavy atom. The van der Waals surface area contributed by atoms with Crippen molar-refractivity contribution in [1.82, 2.24) is 10.6 Å². The number of ether oxygens (including phenoxy) is 2. The summed E-state index contributed by atoms with van der Waals surface area (Å²) in [6, 6.07) is 6.18. The molecule has 166 valence electrons. The molecule has 11 heteroatoms. The molecule has 0 aliphatic carbocycles. The minimum absolute atomic E-state index is 0.0130. The second kappa shape index (κ2) is 7.99. The Morgan fingerprint density at radius 3 is 2.29 bits per heavy atom. The van der Waals surface area contributed by atoms with Crippen molar-refractivity contribution in [2.75, 3.05) is 14.2 Å². The van der Waals surface area contributed by atoms with E-state index in [-0.39, 0.29) is 22.6 Å².